The minimum atomic E-state index is -0.931. The summed E-state index contributed by atoms with van der Waals surface area (Å²) >= 11 is 0. The fourth-order valence-electron chi connectivity index (χ4n) is 4.22. The fourth-order valence-corrected chi connectivity index (χ4v) is 4.22. The number of amides is 1. The SMILES string of the molecule is Cc1ccccc1N1C(=O)C(=O)/C(=C(\O)c2ccc3c(c2)OCCO3)C1c1ccc(F)cc1. The van der Waals surface area contributed by atoms with Crippen LogP contribution in [0.2, 0.25) is 0 Å². The Kier molecular flexibility index (Phi) is 5.09. The Balaban J connectivity index is 1.71. The van der Waals surface area contributed by atoms with Crippen LogP contribution in [0.1, 0.15) is 22.7 Å². The van der Waals surface area contributed by atoms with Gasteiger partial charge in [0.2, 0.25) is 0 Å². The van der Waals surface area contributed by atoms with Crippen molar-refractivity contribution in [2.45, 2.75) is 13.0 Å². The van der Waals surface area contributed by atoms with Crippen molar-refractivity contribution in [3.05, 3.63) is 94.8 Å². The molecule has 2 aliphatic rings. The molecule has 1 saturated heterocycles. The number of nitrogens with zero attached hydrogens (tertiary/aromatic N) is 1. The minimum absolute atomic E-state index is 0.0773. The highest BCUT2D eigenvalue weighted by atomic mass is 19.1. The molecule has 1 unspecified atom stereocenters. The molecule has 0 saturated carbocycles. The number of fused-ring (bicyclic) bond motifs is 1. The second-order valence-corrected chi connectivity index (χ2v) is 7.87. The third-order valence-corrected chi connectivity index (χ3v) is 5.82. The van der Waals surface area contributed by atoms with E-state index in [4.69, 9.17) is 9.47 Å². The zero-order chi connectivity index (χ0) is 23.1. The molecule has 3 aromatic rings. The van der Waals surface area contributed by atoms with Gasteiger partial charge in [-0.3, -0.25) is 14.5 Å². The Morgan fingerprint density at radius 1 is 0.970 bits per heavy atom. The lowest BCUT2D eigenvalue weighted by Crippen LogP contribution is -2.30. The Morgan fingerprint density at radius 3 is 2.39 bits per heavy atom. The monoisotopic (exact) mass is 445 g/mol. The summed E-state index contributed by atoms with van der Waals surface area (Å²) < 4.78 is 24.8. The molecule has 2 heterocycles. The molecule has 0 aromatic heterocycles. The molecule has 0 aliphatic carbocycles. The number of aryl methyl sites for hydroxylation is 1. The van der Waals surface area contributed by atoms with Crippen molar-refractivity contribution in [3.63, 3.8) is 0 Å². The van der Waals surface area contributed by atoms with Gasteiger partial charge < -0.3 is 14.6 Å². The third-order valence-electron chi connectivity index (χ3n) is 5.82. The molecule has 166 valence electrons. The van der Waals surface area contributed by atoms with E-state index in [1.54, 1.807) is 30.3 Å². The van der Waals surface area contributed by atoms with Gasteiger partial charge in [-0.05, 0) is 54.4 Å². The molecule has 6 nitrogen and oxygen atoms in total. The zero-order valence-corrected chi connectivity index (χ0v) is 17.7. The number of hydrogen-bond acceptors (Lipinski definition) is 5. The number of para-hydroxylation sites is 1. The van der Waals surface area contributed by atoms with Gasteiger partial charge in [-0.25, -0.2) is 4.39 Å². The molecule has 3 aromatic carbocycles. The van der Waals surface area contributed by atoms with E-state index >= 15 is 0 Å². The maximum atomic E-state index is 13.7. The van der Waals surface area contributed by atoms with E-state index in [1.165, 1.54) is 29.2 Å². The number of halogens is 1. The largest absolute Gasteiger partial charge is 0.507 e. The minimum Gasteiger partial charge on any atom is -0.507 e. The van der Waals surface area contributed by atoms with Crippen molar-refractivity contribution in [1.29, 1.82) is 0 Å². The second kappa shape index (κ2) is 8.09. The summed E-state index contributed by atoms with van der Waals surface area (Å²) in [5.74, 6) is -1.39. The van der Waals surface area contributed by atoms with Crippen LogP contribution in [0.15, 0.2) is 72.3 Å². The van der Waals surface area contributed by atoms with Gasteiger partial charge in [-0.1, -0.05) is 30.3 Å². The molecule has 2 aliphatic heterocycles. The van der Waals surface area contributed by atoms with Gasteiger partial charge in [0.1, 0.15) is 24.8 Å². The zero-order valence-electron chi connectivity index (χ0n) is 17.7. The Bertz CT molecular complexity index is 1300. The van der Waals surface area contributed by atoms with Crippen LogP contribution in [0.25, 0.3) is 5.76 Å². The van der Waals surface area contributed by atoms with Gasteiger partial charge in [-0.15, -0.1) is 0 Å². The number of rotatable bonds is 3. The molecule has 1 N–H and O–H groups in total. The first kappa shape index (κ1) is 20.8. The van der Waals surface area contributed by atoms with E-state index in [2.05, 4.69) is 0 Å². The van der Waals surface area contributed by atoms with Gasteiger partial charge in [0.05, 0.1) is 11.6 Å². The molecule has 0 bridgehead atoms. The second-order valence-electron chi connectivity index (χ2n) is 7.87. The molecule has 1 amide bonds. The van der Waals surface area contributed by atoms with Crippen molar-refractivity contribution in [1.82, 2.24) is 0 Å². The van der Waals surface area contributed by atoms with Crippen molar-refractivity contribution in [3.8, 4) is 11.5 Å². The molecule has 1 fully saturated rings. The Morgan fingerprint density at radius 2 is 1.67 bits per heavy atom. The summed E-state index contributed by atoms with van der Waals surface area (Å²) in [7, 11) is 0. The average molecular weight is 445 g/mol. The van der Waals surface area contributed by atoms with Crippen LogP contribution < -0.4 is 14.4 Å². The topological polar surface area (TPSA) is 76.1 Å². The number of carbonyl (C=O) groups is 2. The first-order valence-corrected chi connectivity index (χ1v) is 10.5. The molecular formula is C26H20FNO5. The van der Waals surface area contributed by atoms with Crippen LogP contribution in [-0.2, 0) is 9.59 Å². The van der Waals surface area contributed by atoms with E-state index in [0.717, 1.165) is 5.56 Å². The van der Waals surface area contributed by atoms with Gasteiger partial charge in [-0.2, -0.15) is 0 Å². The lowest BCUT2D eigenvalue weighted by molar-refractivity contribution is -0.132. The smallest absolute Gasteiger partial charge is 0.300 e. The predicted molar refractivity (Wildman–Crippen MR) is 120 cm³/mol. The van der Waals surface area contributed by atoms with E-state index < -0.39 is 23.5 Å². The number of hydrogen-bond donors (Lipinski definition) is 1. The summed E-state index contributed by atoms with van der Waals surface area (Å²) in [6, 6.07) is 16.6. The maximum Gasteiger partial charge on any atom is 0.300 e. The lowest BCUT2D eigenvalue weighted by Gasteiger charge is -2.27. The normalized spacial score (nSPS) is 19.1. The number of Topliss-reactive ketones (excluding diaryl/α,β-unsaturated/α-hetero) is 1. The Labute approximate surface area is 189 Å². The summed E-state index contributed by atoms with van der Waals surface area (Å²) in [6.45, 7) is 2.62. The Hall–Kier alpha value is -4.13. The van der Waals surface area contributed by atoms with Crippen molar-refractivity contribution >= 4 is 23.1 Å². The lowest BCUT2D eigenvalue weighted by atomic mass is 9.94. The van der Waals surface area contributed by atoms with Crippen LogP contribution in [-0.4, -0.2) is 30.0 Å². The van der Waals surface area contributed by atoms with Crippen LogP contribution in [0.5, 0.6) is 11.5 Å². The molecular weight excluding hydrogens is 425 g/mol. The first-order chi connectivity index (χ1) is 16.0. The van der Waals surface area contributed by atoms with Crippen LogP contribution in [0.4, 0.5) is 10.1 Å². The fraction of sp³-hybridized carbons (Fsp3) is 0.154. The van der Waals surface area contributed by atoms with Gasteiger partial charge in [0.25, 0.3) is 11.7 Å². The quantitative estimate of drug-likeness (QED) is 0.364. The number of anilines is 1. The number of aliphatic hydroxyl groups is 1. The highest BCUT2D eigenvalue weighted by Crippen LogP contribution is 2.44. The van der Waals surface area contributed by atoms with Crippen molar-refractivity contribution in [2.24, 2.45) is 0 Å². The van der Waals surface area contributed by atoms with Gasteiger partial charge in [0.15, 0.2) is 11.5 Å². The van der Waals surface area contributed by atoms with Crippen molar-refractivity contribution < 1.29 is 28.6 Å². The predicted octanol–water partition coefficient (Wildman–Crippen LogP) is 4.53. The van der Waals surface area contributed by atoms with E-state index in [0.29, 0.717) is 41.5 Å². The average Bonchev–Trinajstić information content (AvgIpc) is 3.09. The number of carbonyl (C=O) groups excluding carboxylic acids is 2. The summed E-state index contributed by atoms with van der Waals surface area (Å²) in [5, 5.41) is 11.2. The number of ether oxygens (including phenoxy) is 2. The van der Waals surface area contributed by atoms with Crippen LogP contribution in [0, 0.1) is 12.7 Å². The number of ketones is 1. The number of aliphatic hydroxyl groups excluding tert-OH is 1. The van der Waals surface area contributed by atoms with E-state index in [9.17, 15) is 19.1 Å². The van der Waals surface area contributed by atoms with E-state index in [1.807, 2.05) is 19.1 Å². The molecule has 0 radical (unpaired) electrons. The van der Waals surface area contributed by atoms with E-state index in [-0.39, 0.29) is 11.3 Å². The van der Waals surface area contributed by atoms with Crippen LogP contribution >= 0.6 is 0 Å². The standard InChI is InChI=1S/C26H20FNO5/c1-15-4-2-3-5-19(15)28-23(16-6-9-18(27)10-7-16)22(25(30)26(28)31)24(29)17-8-11-20-21(14-17)33-13-12-32-20/h2-11,14,23,29H,12-13H2,1H3/b24-22-. The molecule has 7 heteroatoms. The molecule has 0 spiro atoms. The van der Waals surface area contributed by atoms with Gasteiger partial charge in [0, 0.05) is 11.3 Å². The summed E-state index contributed by atoms with van der Waals surface area (Å²) in [4.78, 5) is 27.8. The van der Waals surface area contributed by atoms with Gasteiger partial charge >= 0.3 is 0 Å². The third kappa shape index (κ3) is 3.51. The summed E-state index contributed by atoms with van der Waals surface area (Å²) in [6.07, 6.45) is 0. The highest BCUT2D eigenvalue weighted by molar-refractivity contribution is 6.51. The highest BCUT2D eigenvalue weighted by Gasteiger charge is 2.47. The molecule has 33 heavy (non-hydrogen) atoms. The molecule has 1 atom stereocenters. The van der Waals surface area contributed by atoms with Crippen molar-refractivity contribution in [2.75, 3.05) is 18.1 Å². The number of benzene rings is 3. The first-order valence-electron chi connectivity index (χ1n) is 10.5. The van der Waals surface area contributed by atoms with Crippen LogP contribution in [0.3, 0.4) is 0 Å². The summed E-state index contributed by atoms with van der Waals surface area (Å²) in [5.41, 5.74) is 2.06. The maximum absolute atomic E-state index is 13.7. The molecule has 5 rings (SSSR count).